The molecular weight excluding hydrogens is 280 g/mol. The number of hydrogen-bond acceptors (Lipinski definition) is 4. The third-order valence-electron chi connectivity index (χ3n) is 4.40. The van der Waals surface area contributed by atoms with Gasteiger partial charge in [0.25, 0.3) is 0 Å². The summed E-state index contributed by atoms with van der Waals surface area (Å²) in [6.07, 6.45) is 6.18. The summed E-state index contributed by atoms with van der Waals surface area (Å²) in [6, 6.07) is 3.30. The Labute approximate surface area is 132 Å². The van der Waals surface area contributed by atoms with Crippen LogP contribution in [0, 0.1) is 0 Å². The van der Waals surface area contributed by atoms with Gasteiger partial charge in [-0.1, -0.05) is 12.8 Å². The van der Waals surface area contributed by atoms with Gasteiger partial charge in [-0.15, -0.1) is 0 Å². The van der Waals surface area contributed by atoms with E-state index >= 15 is 0 Å². The van der Waals surface area contributed by atoms with Gasteiger partial charge >= 0.3 is 0 Å². The third-order valence-corrected chi connectivity index (χ3v) is 4.40. The molecule has 3 unspecified atom stereocenters. The molecule has 2 N–H and O–H groups in total. The van der Waals surface area contributed by atoms with E-state index in [1.165, 1.54) is 25.7 Å². The second-order valence-electron chi connectivity index (χ2n) is 6.30. The van der Waals surface area contributed by atoms with Gasteiger partial charge in [-0.2, -0.15) is 0 Å². The molecule has 1 amide bonds. The zero-order chi connectivity index (χ0) is 15.9. The quantitative estimate of drug-likeness (QED) is 0.847. The molecule has 5 nitrogen and oxygen atoms in total. The van der Waals surface area contributed by atoms with Crippen molar-refractivity contribution in [1.82, 2.24) is 10.2 Å². The zero-order valence-electron chi connectivity index (χ0n) is 13.6. The van der Waals surface area contributed by atoms with E-state index < -0.39 is 6.10 Å². The summed E-state index contributed by atoms with van der Waals surface area (Å²) in [4.78, 5) is 14.6. The Morgan fingerprint density at radius 1 is 1.32 bits per heavy atom. The molecule has 5 heteroatoms. The van der Waals surface area contributed by atoms with Crippen LogP contribution in [0.25, 0.3) is 0 Å². The zero-order valence-corrected chi connectivity index (χ0v) is 13.6. The molecule has 1 fully saturated rings. The lowest BCUT2D eigenvalue weighted by atomic mass is 10.1. The molecule has 0 bridgehead atoms. The Hall–Kier alpha value is -1.33. The van der Waals surface area contributed by atoms with Gasteiger partial charge in [0.2, 0.25) is 5.91 Å². The number of carbonyl (C=O) groups excluding carboxylic acids is 1. The first-order valence-corrected chi connectivity index (χ1v) is 8.34. The summed E-state index contributed by atoms with van der Waals surface area (Å²) in [5.41, 5.74) is 0. The standard InChI is InChI=1S/C17H28N2O3/c1-13(12-15(20)16-8-7-11-22-16)18-17(21)14(2)19-9-5-3-4-6-10-19/h7-8,11,13-15,20H,3-6,9-10,12H2,1-2H3,(H,18,21). The molecule has 2 rings (SSSR count). The highest BCUT2D eigenvalue weighted by Crippen LogP contribution is 2.19. The largest absolute Gasteiger partial charge is 0.467 e. The molecule has 124 valence electrons. The number of aliphatic hydroxyl groups is 1. The summed E-state index contributed by atoms with van der Waals surface area (Å²) < 4.78 is 5.19. The van der Waals surface area contributed by atoms with Gasteiger partial charge in [0.1, 0.15) is 11.9 Å². The van der Waals surface area contributed by atoms with Crippen LogP contribution in [0.5, 0.6) is 0 Å². The van der Waals surface area contributed by atoms with E-state index in [0.29, 0.717) is 12.2 Å². The van der Waals surface area contributed by atoms with Gasteiger partial charge in [0.05, 0.1) is 12.3 Å². The molecule has 1 saturated heterocycles. The monoisotopic (exact) mass is 308 g/mol. The average Bonchev–Trinajstić information content (AvgIpc) is 2.89. The van der Waals surface area contributed by atoms with Crippen molar-refractivity contribution < 1.29 is 14.3 Å². The molecule has 22 heavy (non-hydrogen) atoms. The average molecular weight is 308 g/mol. The van der Waals surface area contributed by atoms with Crippen molar-refractivity contribution in [2.45, 2.75) is 64.1 Å². The molecule has 1 aliphatic rings. The minimum absolute atomic E-state index is 0.0426. The maximum Gasteiger partial charge on any atom is 0.237 e. The predicted octanol–water partition coefficient (Wildman–Crippen LogP) is 2.47. The highest BCUT2D eigenvalue weighted by molar-refractivity contribution is 5.81. The third kappa shape index (κ3) is 4.85. The van der Waals surface area contributed by atoms with E-state index in [1.807, 2.05) is 13.8 Å². The Kier molecular flexibility index (Phi) is 6.46. The minimum Gasteiger partial charge on any atom is -0.467 e. The maximum absolute atomic E-state index is 12.4. The first-order chi connectivity index (χ1) is 10.6. The Morgan fingerprint density at radius 2 is 2.00 bits per heavy atom. The number of likely N-dealkylation sites (tertiary alicyclic amines) is 1. The van der Waals surface area contributed by atoms with Crippen LogP contribution in [-0.4, -0.2) is 41.1 Å². The number of carbonyl (C=O) groups is 1. The molecule has 0 aliphatic carbocycles. The smallest absolute Gasteiger partial charge is 0.237 e. The van der Waals surface area contributed by atoms with Gasteiger partial charge in [-0.25, -0.2) is 0 Å². The highest BCUT2D eigenvalue weighted by Gasteiger charge is 2.24. The second-order valence-corrected chi connectivity index (χ2v) is 6.30. The molecule has 0 saturated carbocycles. The van der Waals surface area contributed by atoms with Gasteiger partial charge in [0, 0.05) is 12.5 Å². The summed E-state index contributed by atoms with van der Waals surface area (Å²) in [5.74, 6) is 0.586. The molecule has 0 aromatic carbocycles. The lowest BCUT2D eigenvalue weighted by Crippen LogP contribution is -2.48. The van der Waals surface area contributed by atoms with Crippen LogP contribution in [0.15, 0.2) is 22.8 Å². The van der Waals surface area contributed by atoms with Crippen molar-refractivity contribution in [2.75, 3.05) is 13.1 Å². The first kappa shape index (κ1) is 17.0. The normalized spacial score (nSPS) is 20.9. The Bertz CT molecular complexity index is 439. The lowest BCUT2D eigenvalue weighted by Gasteiger charge is -2.28. The molecule has 0 spiro atoms. The van der Waals surface area contributed by atoms with Gasteiger partial charge in [-0.3, -0.25) is 9.69 Å². The van der Waals surface area contributed by atoms with Crippen molar-refractivity contribution in [2.24, 2.45) is 0 Å². The van der Waals surface area contributed by atoms with E-state index in [4.69, 9.17) is 4.42 Å². The van der Waals surface area contributed by atoms with Gasteiger partial charge in [0.15, 0.2) is 0 Å². The van der Waals surface area contributed by atoms with Crippen molar-refractivity contribution >= 4 is 5.91 Å². The summed E-state index contributed by atoms with van der Waals surface area (Å²) >= 11 is 0. The van der Waals surface area contributed by atoms with Crippen LogP contribution in [0.2, 0.25) is 0 Å². The SMILES string of the molecule is CC(CC(O)c1ccco1)NC(=O)C(C)N1CCCCCC1. The maximum atomic E-state index is 12.4. The minimum atomic E-state index is -0.682. The summed E-state index contributed by atoms with van der Waals surface area (Å²) in [7, 11) is 0. The predicted molar refractivity (Wildman–Crippen MR) is 85.4 cm³/mol. The molecule has 0 radical (unpaired) electrons. The van der Waals surface area contributed by atoms with Crippen LogP contribution in [0.1, 0.15) is 57.8 Å². The molecule has 3 atom stereocenters. The first-order valence-electron chi connectivity index (χ1n) is 8.34. The van der Waals surface area contributed by atoms with Crippen LogP contribution in [0.4, 0.5) is 0 Å². The van der Waals surface area contributed by atoms with E-state index in [0.717, 1.165) is 13.1 Å². The van der Waals surface area contributed by atoms with E-state index in [2.05, 4.69) is 10.2 Å². The number of furan rings is 1. The lowest BCUT2D eigenvalue weighted by molar-refractivity contribution is -0.126. The Balaban J connectivity index is 1.79. The van der Waals surface area contributed by atoms with Gasteiger partial charge < -0.3 is 14.8 Å². The summed E-state index contributed by atoms with van der Waals surface area (Å²) in [6.45, 7) is 5.88. The number of rotatable bonds is 6. The number of hydrogen-bond donors (Lipinski definition) is 2. The topological polar surface area (TPSA) is 65.7 Å². The molecule has 2 heterocycles. The highest BCUT2D eigenvalue weighted by atomic mass is 16.4. The van der Waals surface area contributed by atoms with Crippen molar-refractivity contribution in [3.63, 3.8) is 0 Å². The Morgan fingerprint density at radius 3 is 2.59 bits per heavy atom. The molecule has 1 aliphatic heterocycles. The van der Waals surface area contributed by atoms with Crippen LogP contribution < -0.4 is 5.32 Å². The molecule has 1 aromatic rings. The van der Waals surface area contributed by atoms with Crippen LogP contribution in [0.3, 0.4) is 0 Å². The van der Waals surface area contributed by atoms with E-state index in [-0.39, 0.29) is 18.0 Å². The fraction of sp³-hybridized carbons (Fsp3) is 0.706. The summed E-state index contributed by atoms with van der Waals surface area (Å²) in [5, 5.41) is 13.1. The number of nitrogens with zero attached hydrogens (tertiary/aromatic N) is 1. The number of aliphatic hydroxyl groups excluding tert-OH is 1. The second kappa shape index (κ2) is 8.34. The fourth-order valence-corrected chi connectivity index (χ4v) is 3.00. The van der Waals surface area contributed by atoms with Crippen molar-refractivity contribution in [3.8, 4) is 0 Å². The number of amides is 1. The van der Waals surface area contributed by atoms with E-state index in [1.54, 1.807) is 18.4 Å². The van der Waals surface area contributed by atoms with Crippen molar-refractivity contribution in [3.05, 3.63) is 24.2 Å². The van der Waals surface area contributed by atoms with Crippen LogP contribution in [-0.2, 0) is 4.79 Å². The van der Waals surface area contributed by atoms with Crippen LogP contribution >= 0.6 is 0 Å². The van der Waals surface area contributed by atoms with E-state index in [9.17, 15) is 9.90 Å². The molecular formula is C17H28N2O3. The van der Waals surface area contributed by atoms with Gasteiger partial charge in [-0.05, 0) is 51.9 Å². The number of nitrogens with one attached hydrogen (secondary N) is 1. The fourth-order valence-electron chi connectivity index (χ4n) is 3.00. The molecule has 1 aromatic heterocycles. The van der Waals surface area contributed by atoms with Crippen molar-refractivity contribution in [1.29, 1.82) is 0 Å².